The molecule has 1 heterocycles. The minimum atomic E-state index is -2.02. The van der Waals surface area contributed by atoms with Gasteiger partial charge < -0.3 is 108 Å². The molecule has 0 spiro atoms. The van der Waals surface area contributed by atoms with Gasteiger partial charge in [-0.05, 0) is 128 Å². The molecule has 23 heteroatoms. The average Bonchev–Trinajstić information content (AvgIpc) is 3.21. The van der Waals surface area contributed by atoms with E-state index in [2.05, 4.69) is 66.4 Å². The van der Waals surface area contributed by atoms with Gasteiger partial charge in [0.25, 0.3) is 11.8 Å². The third-order valence-electron chi connectivity index (χ3n) is 9.43. The predicted octanol–water partition coefficient (Wildman–Crippen LogP) is -5.62. The lowest BCUT2D eigenvalue weighted by molar-refractivity contribution is -0.323. The van der Waals surface area contributed by atoms with Gasteiger partial charge in [-0.15, -0.1) is 0 Å². The van der Waals surface area contributed by atoms with Crippen LogP contribution in [0.15, 0.2) is 0 Å². The molecule has 65 heavy (non-hydrogen) atoms. The van der Waals surface area contributed by atoms with Crippen molar-refractivity contribution in [3.8, 4) is 0 Å². The number of hydrogen-bond acceptors (Lipinski definition) is 20. The van der Waals surface area contributed by atoms with Crippen molar-refractivity contribution >= 4 is 11.8 Å². The van der Waals surface area contributed by atoms with E-state index >= 15 is 0 Å². The first-order chi connectivity index (χ1) is 29.3. The fraction of sp³-hybridized carbons (Fsp3) is 0.952. The zero-order valence-electron chi connectivity index (χ0n) is 40.9. The van der Waals surface area contributed by atoms with Crippen LogP contribution in [0.1, 0.15) is 94.9 Å². The Kier molecular flexibility index (Phi) is 34.9. The molecule has 19 N–H and O–H groups in total. The molecule has 1 fully saturated rings. The largest absolute Gasteiger partial charge is 0.412 e. The van der Waals surface area contributed by atoms with Crippen LogP contribution in [0.5, 0.6) is 0 Å². The number of aliphatic hydroxyl groups is 12. The van der Waals surface area contributed by atoms with Crippen molar-refractivity contribution in [2.24, 2.45) is 0 Å². The van der Waals surface area contributed by atoms with Crippen LogP contribution in [-0.2, 0) is 19.1 Å². The number of carbonyl (C=O) groups excluding carboxylic acids is 2. The number of carbonyl (C=O) groups is 2. The highest BCUT2D eigenvalue weighted by atomic mass is 16.7. The van der Waals surface area contributed by atoms with Crippen LogP contribution in [0.3, 0.4) is 0 Å². The summed E-state index contributed by atoms with van der Waals surface area (Å²) in [7, 11) is 4.22. The van der Waals surface area contributed by atoms with Crippen molar-refractivity contribution in [3.63, 3.8) is 0 Å². The van der Waals surface area contributed by atoms with Gasteiger partial charge in [-0.3, -0.25) is 9.59 Å². The van der Waals surface area contributed by atoms with Crippen molar-refractivity contribution in [2.45, 2.75) is 191 Å². The summed E-state index contributed by atoms with van der Waals surface area (Å²) in [4.78, 5) is 26.0. The average molecular weight is 953 g/mol. The first-order valence-electron chi connectivity index (χ1n) is 22.1. The molecule has 0 aromatic rings. The number of aliphatic hydroxyl groups excluding tert-OH is 12. The Morgan fingerprint density at radius 1 is 0.600 bits per heavy atom. The molecule has 392 valence electrons. The van der Waals surface area contributed by atoms with E-state index in [1.165, 1.54) is 13.0 Å². The summed E-state index contributed by atoms with van der Waals surface area (Å²) in [6, 6.07) is 0. The first kappa shape index (κ1) is 67.4. The third kappa shape index (κ3) is 30.3. The van der Waals surface area contributed by atoms with Crippen LogP contribution in [0.2, 0.25) is 0 Å². The van der Waals surface area contributed by atoms with Crippen LogP contribution in [0, 0.1) is 0 Å². The van der Waals surface area contributed by atoms with E-state index in [4.69, 9.17) is 19.7 Å². The minimum absolute atomic E-state index is 0. The monoisotopic (exact) mass is 953 g/mol. The topological polar surface area (TPSA) is 390 Å². The Hall–Kier alpha value is -1.82. The molecule has 0 aliphatic carbocycles. The van der Waals surface area contributed by atoms with E-state index in [1.807, 2.05) is 41.5 Å². The second-order valence-corrected chi connectivity index (χ2v) is 19.4. The van der Waals surface area contributed by atoms with Gasteiger partial charge in [0, 0.05) is 29.7 Å². The van der Waals surface area contributed by atoms with Gasteiger partial charge in [0.05, 0.1) is 19.3 Å². The molecule has 1 rings (SSSR count). The van der Waals surface area contributed by atoms with Crippen LogP contribution in [-0.4, -0.2) is 246 Å². The van der Waals surface area contributed by atoms with E-state index in [0.29, 0.717) is 32.5 Å². The zero-order chi connectivity index (χ0) is 50.2. The highest BCUT2D eigenvalue weighted by Gasteiger charge is 2.47. The first-order valence-corrected chi connectivity index (χ1v) is 22.1. The second-order valence-electron chi connectivity index (χ2n) is 19.4. The Bertz CT molecular complexity index is 1220. The summed E-state index contributed by atoms with van der Waals surface area (Å²) in [5.74, 6) is -1.76. The van der Waals surface area contributed by atoms with Gasteiger partial charge in [0.2, 0.25) is 0 Å². The summed E-state index contributed by atoms with van der Waals surface area (Å²) >= 11 is 0. The molecule has 23 nitrogen and oxygen atoms in total. The number of nitrogens with zero attached hydrogens (tertiary/aromatic N) is 1. The third-order valence-corrected chi connectivity index (χ3v) is 9.43. The summed E-state index contributed by atoms with van der Waals surface area (Å²) in [6.07, 6.45) is -19.3. The van der Waals surface area contributed by atoms with E-state index in [9.17, 15) is 60.7 Å². The Balaban J connectivity index is -0.000000998. The summed E-state index contributed by atoms with van der Waals surface area (Å²) in [6.45, 7) is 22.7. The molecule has 0 aromatic carbocycles. The van der Waals surface area contributed by atoms with Crippen LogP contribution in [0.4, 0.5) is 0 Å². The predicted molar refractivity (Wildman–Crippen MR) is 243 cm³/mol. The number of amides is 2. The number of hydrogen-bond donors (Lipinski definition) is 17. The normalized spacial score (nSPS) is 22.9. The zero-order valence-corrected chi connectivity index (χ0v) is 40.9. The summed E-state index contributed by atoms with van der Waals surface area (Å²) in [5, 5.41) is 131. The molecule has 2 amide bonds. The van der Waals surface area contributed by atoms with Crippen LogP contribution in [0.25, 0.3) is 0 Å². The van der Waals surface area contributed by atoms with Gasteiger partial charge in [0.1, 0.15) is 54.9 Å². The molecule has 2 unspecified atom stereocenters. The highest BCUT2D eigenvalue weighted by molar-refractivity contribution is 5.81. The molecule has 0 saturated carbocycles. The quantitative estimate of drug-likeness (QED) is 0.0379. The van der Waals surface area contributed by atoms with Gasteiger partial charge in [0.15, 0.2) is 18.5 Å². The fourth-order valence-corrected chi connectivity index (χ4v) is 5.63. The van der Waals surface area contributed by atoms with Crippen molar-refractivity contribution in [3.05, 3.63) is 0 Å². The molecule has 13 atom stereocenters. The maximum atomic E-state index is 12.2. The molecule has 1 aliphatic heterocycles. The molecule has 1 aliphatic rings. The molecular formula is C42H92N6O17. The van der Waals surface area contributed by atoms with E-state index in [1.54, 1.807) is 6.92 Å². The lowest BCUT2D eigenvalue weighted by Gasteiger charge is -2.42. The highest BCUT2D eigenvalue weighted by Crippen LogP contribution is 2.26. The van der Waals surface area contributed by atoms with Crippen LogP contribution < -0.4 is 26.6 Å². The van der Waals surface area contributed by atoms with Gasteiger partial charge in [-0.2, -0.15) is 0 Å². The fourth-order valence-electron chi connectivity index (χ4n) is 5.63. The van der Waals surface area contributed by atoms with E-state index < -0.39 is 105 Å². The Morgan fingerprint density at radius 3 is 1.37 bits per heavy atom. The van der Waals surface area contributed by atoms with E-state index in [-0.39, 0.29) is 35.1 Å². The summed E-state index contributed by atoms with van der Waals surface area (Å²) < 4.78 is 10.8. The number of nitrogens with one attached hydrogen (secondary N) is 5. The second kappa shape index (κ2) is 33.6. The maximum Gasteiger partial charge on any atom is 0.251 e. The SMILES string of the molecule is CC(C)(C)NCCCNC(=O)[C@H](O)[C@@H](O)[C@H](O)[C@H](O)CO.CCC1O[C@@H](O[C@@H]([C@H](O)[C@@H](O)C(=O)NCCCNC(C)(C)C)[C@H](O)CO)C(O)[C@@H](O)[C@H]1O.CN(C)CCCNC(C)(C)C.O. The lowest BCUT2D eigenvalue weighted by Crippen LogP contribution is -2.61. The lowest BCUT2D eigenvalue weighted by atomic mass is 9.97. The number of ether oxygens (including phenoxy) is 2. The van der Waals surface area contributed by atoms with Crippen LogP contribution >= 0.6 is 0 Å². The molecular weight excluding hydrogens is 860 g/mol. The Morgan fingerprint density at radius 2 is 1.00 bits per heavy atom. The Labute approximate surface area is 386 Å². The molecule has 1 saturated heterocycles. The molecule has 0 aromatic heterocycles. The van der Waals surface area contributed by atoms with Gasteiger partial charge in [-0.25, -0.2) is 0 Å². The summed E-state index contributed by atoms with van der Waals surface area (Å²) in [5.41, 5.74) is 0.160. The minimum Gasteiger partial charge on any atom is -0.412 e. The molecule has 0 bridgehead atoms. The van der Waals surface area contributed by atoms with Gasteiger partial charge >= 0.3 is 0 Å². The maximum absolute atomic E-state index is 12.2. The van der Waals surface area contributed by atoms with Crippen molar-refractivity contribution in [1.82, 2.24) is 31.5 Å². The van der Waals surface area contributed by atoms with Crippen molar-refractivity contribution in [1.29, 1.82) is 0 Å². The van der Waals surface area contributed by atoms with Gasteiger partial charge in [-0.1, -0.05) is 6.92 Å². The standard InChI is InChI=1S/C20H40N2O10.C13H28N2O6.C9H22N2.H2O/c1-5-11-12(25)13(26)16(29)19(31-11)32-17(10(24)9-23)14(27)15(28)18(30)21-7-6-8-22-20(2,3)4;1-13(2,3)15-6-4-5-14-12(21)11(20)10(19)9(18)8(17)7-16;1-9(2,3)10-7-6-8-11(4)5;/h10-17,19,22-29H,5-9H2,1-4H3,(H,21,30);8-11,15-20H,4-7H2,1-3H3,(H,14,21);10H,6-8H2,1-5H3;1H2/t10-,11?,12+,13+,14-,15-,16?,17-,19+;8-,9-,10+,11-;;/m11../s1. The smallest absolute Gasteiger partial charge is 0.251 e. The molecule has 0 radical (unpaired) electrons. The number of rotatable bonds is 25. The van der Waals surface area contributed by atoms with Crippen molar-refractivity contribution < 1.29 is 85.8 Å². The van der Waals surface area contributed by atoms with E-state index in [0.717, 1.165) is 6.54 Å². The van der Waals surface area contributed by atoms with Crippen molar-refractivity contribution in [2.75, 3.05) is 66.6 Å².